The van der Waals surface area contributed by atoms with Gasteiger partial charge in [-0.15, -0.1) is 10.2 Å². The molecule has 16 heavy (non-hydrogen) atoms. The summed E-state index contributed by atoms with van der Waals surface area (Å²) in [7, 11) is 2.09. The fraction of sp³-hybridized carbons (Fsp3) is 0.750. The third-order valence-electron chi connectivity index (χ3n) is 1.58. The number of carbonyl (C=O) groups is 2. The number of ether oxygens (including phenoxy) is 2. The van der Waals surface area contributed by atoms with Gasteiger partial charge in [0.2, 0.25) is 0 Å². The van der Waals surface area contributed by atoms with Gasteiger partial charge in [0.1, 0.15) is 0 Å². The highest BCUT2D eigenvalue weighted by Crippen LogP contribution is 2.14. The van der Waals surface area contributed by atoms with Crippen molar-refractivity contribution in [1.29, 1.82) is 0 Å². The van der Waals surface area contributed by atoms with Crippen molar-refractivity contribution in [1.82, 2.24) is 0 Å². The number of aliphatic hydroxyl groups is 2. The van der Waals surface area contributed by atoms with E-state index in [1.165, 1.54) is 0 Å². The minimum atomic E-state index is -2.27. The van der Waals surface area contributed by atoms with Gasteiger partial charge in [0, 0.05) is 0 Å². The van der Waals surface area contributed by atoms with Crippen LogP contribution in [0.3, 0.4) is 0 Å². The number of nitrogens with zero attached hydrogens (tertiary/aromatic N) is 2. The summed E-state index contributed by atoms with van der Waals surface area (Å²) in [5, 5.41) is 25.1. The normalized spacial score (nSPS) is 18.6. The molecule has 0 aliphatic rings. The molecular weight excluding hydrogens is 220 g/mol. The third-order valence-corrected chi connectivity index (χ3v) is 1.58. The summed E-state index contributed by atoms with van der Waals surface area (Å²) in [5.74, 6) is -2.14. The molecule has 0 rings (SSSR count). The van der Waals surface area contributed by atoms with E-state index in [1.54, 1.807) is 0 Å². The highest BCUT2D eigenvalue weighted by atomic mass is 16.5. The number of rotatable bonds is 4. The molecule has 8 nitrogen and oxygen atoms in total. The molecule has 0 fully saturated rings. The Morgan fingerprint density at radius 3 is 1.38 bits per heavy atom. The Morgan fingerprint density at radius 2 is 1.19 bits per heavy atom. The van der Waals surface area contributed by atoms with Crippen LogP contribution in [0.4, 0.5) is 0 Å². The average molecular weight is 234 g/mol. The van der Waals surface area contributed by atoms with Crippen LogP contribution in [-0.2, 0) is 19.1 Å². The molecule has 0 aliphatic carbocycles. The van der Waals surface area contributed by atoms with Crippen molar-refractivity contribution in [2.24, 2.45) is 10.2 Å². The van der Waals surface area contributed by atoms with Crippen molar-refractivity contribution in [3.05, 3.63) is 0 Å². The summed E-state index contributed by atoms with van der Waals surface area (Å²) < 4.78 is 8.45. The van der Waals surface area contributed by atoms with E-state index in [1.807, 2.05) is 0 Å². The zero-order valence-corrected chi connectivity index (χ0v) is 9.42. The van der Waals surface area contributed by atoms with Gasteiger partial charge in [-0.3, -0.25) is 0 Å². The largest absolute Gasteiger partial charge is 0.465 e. The third kappa shape index (κ3) is 3.55. The van der Waals surface area contributed by atoms with E-state index >= 15 is 0 Å². The molecule has 0 aromatic carbocycles. The quantitative estimate of drug-likeness (QED) is 0.485. The fourth-order valence-corrected chi connectivity index (χ4v) is 0.663. The van der Waals surface area contributed by atoms with Crippen LogP contribution in [0.25, 0.3) is 0 Å². The Bertz CT molecular complexity index is 280. The van der Waals surface area contributed by atoms with Gasteiger partial charge in [0.15, 0.2) is 0 Å². The summed E-state index contributed by atoms with van der Waals surface area (Å²) >= 11 is 0. The monoisotopic (exact) mass is 234 g/mol. The molecule has 0 heterocycles. The van der Waals surface area contributed by atoms with Gasteiger partial charge >= 0.3 is 11.9 Å². The Morgan fingerprint density at radius 1 is 0.938 bits per heavy atom. The van der Waals surface area contributed by atoms with E-state index in [2.05, 4.69) is 19.7 Å². The zero-order valence-electron chi connectivity index (χ0n) is 9.42. The predicted octanol–water partition coefficient (Wildman–Crippen LogP) is -0.798. The van der Waals surface area contributed by atoms with Crippen molar-refractivity contribution in [2.45, 2.75) is 25.3 Å². The molecule has 0 aromatic heterocycles. The highest BCUT2D eigenvalue weighted by molar-refractivity contribution is 5.79. The van der Waals surface area contributed by atoms with Crippen molar-refractivity contribution >= 4 is 11.9 Å². The van der Waals surface area contributed by atoms with Crippen LogP contribution in [0.1, 0.15) is 13.8 Å². The first kappa shape index (κ1) is 14.5. The summed E-state index contributed by atoms with van der Waals surface area (Å²) in [5.41, 5.74) is -4.54. The van der Waals surface area contributed by atoms with E-state index in [-0.39, 0.29) is 0 Å². The van der Waals surface area contributed by atoms with Gasteiger partial charge in [0.25, 0.3) is 11.4 Å². The average Bonchev–Trinajstić information content (AvgIpc) is 2.24. The first-order valence-electron chi connectivity index (χ1n) is 4.23. The fourth-order valence-electron chi connectivity index (χ4n) is 0.663. The summed E-state index contributed by atoms with van der Waals surface area (Å²) in [6, 6.07) is 0. The predicted molar refractivity (Wildman–Crippen MR) is 50.1 cm³/mol. The van der Waals surface area contributed by atoms with Crippen LogP contribution >= 0.6 is 0 Å². The van der Waals surface area contributed by atoms with Gasteiger partial charge in [-0.2, -0.15) is 0 Å². The molecule has 92 valence electrons. The van der Waals surface area contributed by atoms with Crippen LogP contribution in [0.15, 0.2) is 10.2 Å². The second-order valence-electron chi connectivity index (χ2n) is 3.22. The van der Waals surface area contributed by atoms with Crippen molar-refractivity contribution in [3.8, 4) is 0 Å². The van der Waals surface area contributed by atoms with Gasteiger partial charge in [0.05, 0.1) is 14.2 Å². The lowest BCUT2D eigenvalue weighted by molar-refractivity contribution is -0.164. The van der Waals surface area contributed by atoms with Crippen LogP contribution in [-0.4, -0.2) is 47.8 Å². The van der Waals surface area contributed by atoms with E-state index in [4.69, 9.17) is 0 Å². The Labute approximate surface area is 91.9 Å². The van der Waals surface area contributed by atoms with Crippen LogP contribution in [0, 0.1) is 0 Å². The summed E-state index contributed by atoms with van der Waals surface area (Å²) in [6.07, 6.45) is 0. The lowest BCUT2D eigenvalue weighted by atomic mass is 10.3. The molecule has 2 unspecified atom stereocenters. The lowest BCUT2D eigenvalue weighted by Gasteiger charge is -2.17. The van der Waals surface area contributed by atoms with E-state index in [0.717, 1.165) is 28.1 Å². The molecular formula is C8H14N2O6. The Kier molecular flexibility index (Phi) is 4.51. The van der Waals surface area contributed by atoms with Crippen molar-refractivity contribution in [2.75, 3.05) is 14.2 Å². The highest BCUT2D eigenvalue weighted by Gasteiger charge is 2.36. The van der Waals surface area contributed by atoms with Crippen molar-refractivity contribution < 1.29 is 29.3 Å². The topological polar surface area (TPSA) is 118 Å². The second kappa shape index (κ2) is 4.99. The molecule has 2 N–H and O–H groups in total. The smallest absolute Gasteiger partial charge is 0.362 e. The first-order valence-corrected chi connectivity index (χ1v) is 4.23. The minimum Gasteiger partial charge on any atom is -0.465 e. The van der Waals surface area contributed by atoms with Crippen LogP contribution < -0.4 is 0 Å². The van der Waals surface area contributed by atoms with Crippen molar-refractivity contribution in [3.63, 3.8) is 0 Å². The summed E-state index contributed by atoms with van der Waals surface area (Å²) in [4.78, 5) is 21.9. The minimum absolute atomic E-state index is 0.996. The molecule has 0 spiro atoms. The number of methoxy groups -OCH3 is 2. The number of esters is 2. The maximum atomic E-state index is 11.0. The van der Waals surface area contributed by atoms with Gasteiger partial charge in [-0.1, -0.05) is 0 Å². The second-order valence-corrected chi connectivity index (χ2v) is 3.22. The maximum absolute atomic E-state index is 11.0. The van der Waals surface area contributed by atoms with E-state index < -0.39 is 23.4 Å². The molecule has 0 aliphatic heterocycles. The van der Waals surface area contributed by atoms with Crippen LogP contribution in [0.5, 0.6) is 0 Å². The lowest BCUT2D eigenvalue weighted by Crippen LogP contribution is -2.37. The molecule has 0 aromatic rings. The number of azo groups is 1. The zero-order chi connectivity index (χ0) is 13.0. The van der Waals surface area contributed by atoms with Crippen LogP contribution in [0.2, 0.25) is 0 Å². The molecule has 0 amide bonds. The van der Waals surface area contributed by atoms with Gasteiger partial charge in [-0.05, 0) is 13.8 Å². The Balaban J connectivity index is 4.84. The number of carbonyl (C=O) groups excluding carboxylic acids is 2. The van der Waals surface area contributed by atoms with Gasteiger partial charge < -0.3 is 19.7 Å². The van der Waals surface area contributed by atoms with E-state index in [9.17, 15) is 19.8 Å². The molecule has 0 saturated carbocycles. The van der Waals surface area contributed by atoms with Gasteiger partial charge in [-0.25, -0.2) is 9.59 Å². The Hall–Kier alpha value is -1.54. The maximum Gasteiger partial charge on any atom is 0.362 e. The standard InChI is InChI=1S/C8H14N2O6/c1-7(13,5(11)15-3)9-10-8(2,14)6(12)16-4/h13-14H,1-4H3. The number of hydrogen-bond acceptors (Lipinski definition) is 8. The van der Waals surface area contributed by atoms with E-state index in [0.29, 0.717) is 0 Å². The molecule has 2 atom stereocenters. The summed E-state index contributed by atoms with van der Waals surface area (Å²) in [6.45, 7) is 1.99. The molecule has 0 bridgehead atoms. The molecule has 8 heteroatoms. The SMILES string of the molecule is COC(=O)C(C)(O)N=NC(C)(O)C(=O)OC. The number of hydrogen-bond donors (Lipinski definition) is 2. The first-order chi connectivity index (χ1) is 7.17. The molecule has 0 radical (unpaired) electrons. The molecule has 0 saturated heterocycles.